The first-order valence-corrected chi connectivity index (χ1v) is 8.76. The molecule has 2 aliphatic heterocycles. The third-order valence-electron chi connectivity index (χ3n) is 5.58. The van der Waals surface area contributed by atoms with Crippen LogP contribution < -0.4 is 5.73 Å². The highest BCUT2D eigenvalue weighted by Gasteiger charge is 2.35. The van der Waals surface area contributed by atoms with E-state index in [4.69, 9.17) is 10.7 Å². The average molecular weight is 319 g/mol. The van der Waals surface area contributed by atoms with Gasteiger partial charge in [0.05, 0.1) is 11.8 Å². The molecule has 2 heterocycles. The molecule has 2 N–H and O–H groups in total. The van der Waals surface area contributed by atoms with Crippen LogP contribution in [-0.2, 0) is 0 Å². The van der Waals surface area contributed by atoms with E-state index in [1.807, 2.05) is 12.1 Å². The van der Waals surface area contributed by atoms with E-state index in [1.165, 1.54) is 27.8 Å². The smallest absolute Gasteiger partial charge is 0.0725 e. The summed E-state index contributed by atoms with van der Waals surface area (Å²) in [5.74, 6) is 0.510. The maximum atomic E-state index is 5.87. The predicted molar refractivity (Wildman–Crippen MR) is 101 cm³/mol. The van der Waals surface area contributed by atoms with Crippen LogP contribution in [0.25, 0.3) is 0 Å². The normalized spacial score (nSPS) is 23.4. The zero-order valence-electron chi connectivity index (χ0n) is 14.7. The molecular formula is C21H25N3. The molecule has 1 fully saturated rings. The second kappa shape index (κ2) is 5.75. The number of rotatable bonds is 1. The van der Waals surface area contributed by atoms with Crippen molar-refractivity contribution in [3.05, 3.63) is 64.2 Å². The van der Waals surface area contributed by atoms with E-state index in [9.17, 15) is 0 Å². The number of benzene rings is 2. The fourth-order valence-corrected chi connectivity index (χ4v) is 4.02. The number of aliphatic imine (C=N–C) groups is 1. The van der Waals surface area contributed by atoms with E-state index in [2.05, 4.69) is 50.1 Å². The first kappa shape index (κ1) is 15.4. The van der Waals surface area contributed by atoms with E-state index < -0.39 is 0 Å². The molecule has 0 aliphatic carbocycles. The monoisotopic (exact) mass is 319 g/mol. The highest BCUT2D eigenvalue weighted by atomic mass is 15.1. The Bertz CT molecular complexity index is 805. The maximum Gasteiger partial charge on any atom is 0.0725 e. The van der Waals surface area contributed by atoms with Gasteiger partial charge in [0.25, 0.3) is 0 Å². The largest absolute Gasteiger partial charge is 0.399 e. The van der Waals surface area contributed by atoms with E-state index in [0.29, 0.717) is 12.0 Å². The van der Waals surface area contributed by atoms with Gasteiger partial charge in [-0.15, -0.1) is 0 Å². The van der Waals surface area contributed by atoms with Gasteiger partial charge in [0.15, 0.2) is 0 Å². The van der Waals surface area contributed by atoms with Gasteiger partial charge < -0.3 is 10.6 Å². The molecule has 2 unspecified atom stereocenters. The molecule has 0 saturated carbocycles. The van der Waals surface area contributed by atoms with Crippen molar-refractivity contribution in [2.45, 2.75) is 32.2 Å². The van der Waals surface area contributed by atoms with Gasteiger partial charge in [-0.05, 0) is 68.8 Å². The molecule has 0 radical (unpaired) electrons. The second-order valence-electron chi connectivity index (χ2n) is 7.35. The summed E-state index contributed by atoms with van der Waals surface area (Å²) in [6.45, 7) is 6.62. The number of anilines is 1. The number of hydrogen-bond donors (Lipinski definition) is 1. The van der Waals surface area contributed by atoms with Crippen molar-refractivity contribution >= 4 is 11.4 Å². The van der Waals surface area contributed by atoms with E-state index in [0.717, 1.165) is 30.9 Å². The summed E-state index contributed by atoms with van der Waals surface area (Å²) in [5, 5.41) is 0. The minimum absolute atomic E-state index is 0.392. The lowest BCUT2D eigenvalue weighted by Gasteiger charge is -2.39. The minimum Gasteiger partial charge on any atom is -0.399 e. The van der Waals surface area contributed by atoms with Gasteiger partial charge >= 0.3 is 0 Å². The van der Waals surface area contributed by atoms with Crippen LogP contribution in [0.15, 0.2) is 41.4 Å². The van der Waals surface area contributed by atoms with Crippen molar-refractivity contribution in [3.63, 3.8) is 0 Å². The lowest BCUT2D eigenvalue weighted by molar-refractivity contribution is 0.227. The molecule has 2 aromatic carbocycles. The number of hydrogen-bond acceptors (Lipinski definition) is 3. The predicted octanol–water partition coefficient (Wildman–Crippen LogP) is 3.52. The summed E-state index contributed by atoms with van der Waals surface area (Å²) >= 11 is 0. The van der Waals surface area contributed by atoms with Crippen LogP contribution in [0.3, 0.4) is 0 Å². The van der Waals surface area contributed by atoms with Gasteiger partial charge in [0.1, 0.15) is 0 Å². The molecule has 4 rings (SSSR count). The van der Waals surface area contributed by atoms with Crippen molar-refractivity contribution < 1.29 is 0 Å². The van der Waals surface area contributed by atoms with Gasteiger partial charge in [0.2, 0.25) is 0 Å². The van der Waals surface area contributed by atoms with Crippen molar-refractivity contribution in [2.24, 2.45) is 4.99 Å². The summed E-state index contributed by atoms with van der Waals surface area (Å²) in [5.41, 5.74) is 14.5. The number of likely N-dealkylation sites (N-methyl/N-ethyl adjacent to an activating group) is 1. The average Bonchev–Trinajstić information content (AvgIpc) is 2.57. The number of aryl methyl sites for hydroxylation is 2. The van der Waals surface area contributed by atoms with Gasteiger partial charge in [-0.3, -0.25) is 4.99 Å². The lowest BCUT2D eigenvalue weighted by Crippen LogP contribution is -2.42. The van der Waals surface area contributed by atoms with Gasteiger partial charge in [0, 0.05) is 29.3 Å². The molecule has 24 heavy (non-hydrogen) atoms. The number of fused-ring (bicyclic) bond motifs is 3. The molecule has 3 nitrogen and oxygen atoms in total. The molecule has 124 valence electrons. The van der Waals surface area contributed by atoms with Crippen molar-refractivity contribution in [1.82, 2.24) is 4.90 Å². The van der Waals surface area contributed by atoms with Crippen molar-refractivity contribution in [1.29, 1.82) is 0 Å². The molecule has 0 bridgehead atoms. The molecule has 2 atom stereocenters. The number of nitrogens with two attached hydrogens (primary N) is 1. The fourth-order valence-electron chi connectivity index (χ4n) is 4.02. The lowest BCUT2D eigenvalue weighted by atomic mass is 9.78. The first-order chi connectivity index (χ1) is 11.5. The molecule has 3 heteroatoms. The number of piperidine rings is 1. The van der Waals surface area contributed by atoms with Gasteiger partial charge in [-0.2, -0.15) is 0 Å². The zero-order chi connectivity index (χ0) is 16.8. The Balaban J connectivity index is 1.88. The summed E-state index contributed by atoms with van der Waals surface area (Å²) in [6.07, 6.45) is 1.13. The maximum absolute atomic E-state index is 5.87. The summed E-state index contributed by atoms with van der Waals surface area (Å²) in [7, 11) is 2.22. The summed E-state index contributed by atoms with van der Waals surface area (Å²) in [4.78, 5) is 7.63. The Morgan fingerprint density at radius 3 is 2.54 bits per heavy atom. The van der Waals surface area contributed by atoms with Crippen LogP contribution in [-0.4, -0.2) is 36.8 Å². The van der Waals surface area contributed by atoms with Gasteiger partial charge in [-0.1, -0.05) is 18.2 Å². The molecule has 2 aromatic rings. The van der Waals surface area contributed by atoms with E-state index >= 15 is 0 Å². The number of nitrogens with zero attached hydrogens (tertiary/aromatic N) is 2. The fraction of sp³-hybridized carbons (Fsp3) is 0.381. The Hall–Kier alpha value is -2.13. The molecule has 2 aliphatic rings. The van der Waals surface area contributed by atoms with E-state index in [-0.39, 0.29) is 0 Å². The van der Waals surface area contributed by atoms with E-state index in [1.54, 1.807) is 0 Å². The number of likely N-dealkylation sites (tertiary alicyclic amines) is 1. The minimum atomic E-state index is 0.392. The van der Waals surface area contributed by atoms with Crippen LogP contribution in [0.2, 0.25) is 0 Å². The first-order valence-electron chi connectivity index (χ1n) is 8.76. The summed E-state index contributed by atoms with van der Waals surface area (Å²) in [6, 6.07) is 13.3. The number of nitrogen functional groups attached to an aromatic ring is 1. The van der Waals surface area contributed by atoms with Gasteiger partial charge in [-0.25, -0.2) is 0 Å². The third-order valence-corrected chi connectivity index (χ3v) is 5.58. The standard InChI is InChI=1S/C21H25N3/c1-13-10-17-18(11-14(13)2)21(15-4-6-16(22)7-5-15)23-20-8-9-24(3)12-19(17)20/h4-7,10-11,19-20H,8-9,12,22H2,1-3H3. The Labute approximate surface area is 144 Å². The van der Waals surface area contributed by atoms with Crippen molar-refractivity contribution in [2.75, 3.05) is 25.9 Å². The summed E-state index contributed by atoms with van der Waals surface area (Å²) < 4.78 is 0. The van der Waals surface area contributed by atoms with Crippen molar-refractivity contribution in [3.8, 4) is 0 Å². The Morgan fingerprint density at radius 2 is 1.79 bits per heavy atom. The molecular weight excluding hydrogens is 294 g/mol. The Morgan fingerprint density at radius 1 is 1.08 bits per heavy atom. The van der Waals surface area contributed by atoms with Crippen LogP contribution in [0.1, 0.15) is 40.2 Å². The second-order valence-corrected chi connectivity index (χ2v) is 7.35. The quantitative estimate of drug-likeness (QED) is 0.817. The highest BCUT2D eigenvalue weighted by Crippen LogP contribution is 2.38. The van der Waals surface area contributed by atoms with Crippen LogP contribution >= 0.6 is 0 Å². The zero-order valence-corrected chi connectivity index (χ0v) is 14.7. The Kier molecular flexibility index (Phi) is 3.69. The molecule has 0 spiro atoms. The molecule has 0 amide bonds. The molecule has 1 saturated heterocycles. The topological polar surface area (TPSA) is 41.6 Å². The van der Waals surface area contributed by atoms with Crippen LogP contribution in [0.4, 0.5) is 5.69 Å². The molecule has 0 aromatic heterocycles. The highest BCUT2D eigenvalue weighted by molar-refractivity contribution is 6.14. The third kappa shape index (κ3) is 2.53. The SMILES string of the molecule is Cc1cc2c(cc1C)C1CN(C)CCC1N=C2c1ccc(N)cc1. The van der Waals surface area contributed by atoms with Crippen LogP contribution in [0, 0.1) is 13.8 Å². The van der Waals surface area contributed by atoms with Crippen LogP contribution in [0.5, 0.6) is 0 Å².